The molecule has 2 N–H and O–H groups in total. The first-order valence-corrected chi connectivity index (χ1v) is 6.72. The number of nitrogens with one attached hydrogen (secondary N) is 1. The average Bonchev–Trinajstić information content (AvgIpc) is 2.80. The van der Waals surface area contributed by atoms with E-state index in [4.69, 9.17) is 5.11 Å². The van der Waals surface area contributed by atoms with Crippen molar-refractivity contribution < 1.29 is 27.9 Å². The lowest BCUT2D eigenvalue weighted by Crippen LogP contribution is -2.42. The summed E-state index contributed by atoms with van der Waals surface area (Å²) in [5.41, 5.74) is 0. The zero-order chi connectivity index (χ0) is 16.9. The number of aromatic nitrogens is 2. The quantitative estimate of drug-likeness (QED) is 0.802. The van der Waals surface area contributed by atoms with Crippen LogP contribution in [0.5, 0.6) is 0 Å². The fourth-order valence-corrected chi connectivity index (χ4v) is 2.05. The van der Waals surface area contributed by atoms with Crippen LogP contribution in [0, 0.1) is 0 Å². The van der Waals surface area contributed by atoms with E-state index >= 15 is 0 Å². The Hall–Kier alpha value is -2.06. The van der Waals surface area contributed by atoms with Crippen molar-refractivity contribution in [2.75, 3.05) is 0 Å². The van der Waals surface area contributed by atoms with Crippen LogP contribution in [-0.4, -0.2) is 38.8 Å². The van der Waals surface area contributed by atoms with Gasteiger partial charge in [-0.2, -0.15) is 13.2 Å². The number of aliphatic carboxylic acids is 1. The SMILES string of the molecule is CCC[C@H](NC(=O)C[C@@H](c1nccn1C)C(F)(F)F)C(=O)O. The van der Waals surface area contributed by atoms with E-state index < -0.39 is 36.4 Å². The summed E-state index contributed by atoms with van der Waals surface area (Å²) in [5.74, 6) is -4.60. The van der Waals surface area contributed by atoms with E-state index in [0.29, 0.717) is 6.42 Å². The highest BCUT2D eigenvalue weighted by Gasteiger charge is 2.44. The maximum atomic E-state index is 13.1. The molecule has 22 heavy (non-hydrogen) atoms. The molecule has 0 aromatic carbocycles. The summed E-state index contributed by atoms with van der Waals surface area (Å²) in [6.45, 7) is 1.72. The Kier molecular flexibility index (Phi) is 5.95. The zero-order valence-corrected chi connectivity index (χ0v) is 12.2. The number of nitrogens with zero attached hydrogens (tertiary/aromatic N) is 2. The highest BCUT2D eigenvalue weighted by molar-refractivity contribution is 5.83. The van der Waals surface area contributed by atoms with Gasteiger partial charge >= 0.3 is 12.1 Å². The number of carboxylic acid groups (broad SMARTS) is 1. The molecule has 1 heterocycles. The molecule has 0 saturated carbocycles. The monoisotopic (exact) mass is 321 g/mol. The number of rotatable bonds is 7. The summed E-state index contributed by atoms with van der Waals surface area (Å²) in [4.78, 5) is 26.4. The van der Waals surface area contributed by atoms with E-state index in [9.17, 15) is 22.8 Å². The number of amides is 1. The number of carbonyl (C=O) groups excluding carboxylic acids is 1. The number of halogens is 3. The van der Waals surface area contributed by atoms with Crippen molar-refractivity contribution in [1.29, 1.82) is 0 Å². The molecule has 0 spiro atoms. The van der Waals surface area contributed by atoms with E-state index in [-0.39, 0.29) is 12.2 Å². The van der Waals surface area contributed by atoms with Crippen LogP contribution < -0.4 is 5.32 Å². The summed E-state index contributed by atoms with van der Waals surface area (Å²) in [6.07, 6.45) is -2.35. The van der Waals surface area contributed by atoms with Gasteiger partial charge in [-0.3, -0.25) is 4.79 Å². The molecule has 1 aromatic rings. The molecule has 0 aliphatic carbocycles. The third-order valence-electron chi connectivity index (χ3n) is 3.17. The van der Waals surface area contributed by atoms with Crippen LogP contribution in [0.25, 0.3) is 0 Å². The molecule has 2 atom stereocenters. The standard InChI is InChI=1S/C13H18F3N3O3/c1-3-4-9(12(21)22)18-10(20)7-8(13(14,15)16)11-17-5-6-19(11)2/h5-6,8-9H,3-4,7H2,1-2H3,(H,18,20)(H,21,22)/t8-,9-/m0/s1. The van der Waals surface area contributed by atoms with Crippen molar-refractivity contribution in [3.05, 3.63) is 18.2 Å². The van der Waals surface area contributed by atoms with Gasteiger partial charge in [0, 0.05) is 25.9 Å². The first kappa shape index (κ1) is 18.0. The van der Waals surface area contributed by atoms with Crippen molar-refractivity contribution in [3.8, 4) is 0 Å². The normalized spacial score (nSPS) is 14.4. The Morgan fingerprint density at radius 3 is 2.50 bits per heavy atom. The van der Waals surface area contributed by atoms with Gasteiger partial charge in [0.15, 0.2) is 0 Å². The van der Waals surface area contributed by atoms with Gasteiger partial charge in [-0.25, -0.2) is 9.78 Å². The number of carboxylic acids is 1. The van der Waals surface area contributed by atoms with E-state index in [2.05, 4.69) is 10.3 Å². The number of aryl methyl sites for hydroxylation is 1. The summed E-state index contributed by atoms with van der Waals surface area (Å²) < 4.78 is 40.5. The fraction of sp³-hybridized carbons (Fsp3) is 0.615. The third-order valence-corrected chi connectivity index (χ3v) is 3.17. The van der Waals surface area contributed by atoms with E-state index in [1.54, 1.807) is 6.92 Å². The molecule has 0 unspecified atom stereocenters. The largest absolute Gasteiger partial charge is 0.480 e. The maximum absolute atomic E-state index is 13.1. The minimum absolute atomic E-state index is 0.153. The van der Waals surface area contributed by atoms with Gasteiger partial charge in [0.25, 0.3) is 0 Å². The molecule has 1 aromatic heterocycles. The Morgan fingerprint density at radius 1 is 1.45 bits per heavy atom. The minimum atomic E-state index is -4.65. The highest BCUT2D eigenvalue weighted by atomic mass is 19.4. The number of hydrogen-bond donors (Lipinski definition) is 2. The summed E-state index contributed by atoms with van der Waals surface area (Å²) >= 11 is 0. The van der Waals surface area contributed by atoms with Gasteiger partial charge in [-0.15, -0.1) is 0 Å². The average molecular weight is 321 g/mol. The number of alkyl halides is 3. The molecule has 0 bridgehead atoms. The molecule has 0 radical (unpaired) electrons. The number of imidazole rings is 1. The molecule has 0 aliphatic heterocycles. The Bertz CT molecular complexity index is 528. The summed E-state index contributed by atoms with van der Waals surface area (Å²) in [5, 5.41) is 11.0. The van der Waals surface area contributed by atoms with Crippen LogP contribution in [0.4, 0.5) is 13.2 Å². The first-order valence-electron chi connectivity index (χ1n) is 6.72. The van der Waals surface area contributed by atoms with Crippen LogP contribution in [0.15, 0.2) is 12.4 Å². The lowest BCUT2D eigenvalue weighted by molar-refractivity contribution is -0.159. The Labute approximate surface area is 125 Å². The lowest BCUT2D eigenvalue weighted by Gasteiger charge is -2.21. The molecule has 0 aliphatic rings. The molecule has 9 heteroatoms. The molecular formula is C13H18F3N3O3. The van der Waals surface area contributed by atoms with Gasteiger partial charge in [0.2, 0.25) is 5.91 Å². The molecule has 0 fully saturated rings. The van der Waals surface area contributed by atoms with Crippen LogP contribution in [0.1, 0.15) is 37.9 Å². The molecular weight excluding hydrogens is 303 g/mol. The van der Waals surface area contributed by atoms with E-state index in [1.807, 2.05) is 0 Å². The van der Waals surface area contributed by atoms with Crippen LogP contribution in [-0.2, 0) is 16.6 Å². The van der Waals surface area contributed by atoms with Crippen molar-refractivity contribution in [1.82, 2.24) is 14.9 Å². The maximum Gasteiger partial charge on any atom is 0.399 e. The fourth-order valence-electron chi connectivity index (χ4n) is 2.05. The molecule has 6 nitrogen and oxygen atoms in total. The lowest BCUT2D eigenvalue weighted by atomic mass is 10.0. The van der Waals surface area contributed by atoms with Crippen molar-refractivity contribution in [2.45, 2.75) is 44.3 Å². The second kappa shape index (κ2) is 7.28. The third kappa shape index (κ3) is 4.74. The number of carbonyl (C=O) groups is 2. The van der Waals surface area contributed by atoms with Crippen LogP contribution >= 0.6 is 0 Å². The van der Waals surface area contributed by atoms with Gasteiger partial charge in [0.05, 0.1) is 0 Å². The summed E-state index contributed by atoms with van der Waals surface area (Å²) in [7, 11) is 1.40. The van der Waals surface area contributed by atoms with Gasteiger partial charge in [-0.1, -0.05) is 13.3 Å². The molecule has 124 valence electrons. The Morgan fingerprint density at radius 2 is 2.09 bits per heavy atom. The Balaban J connectivity index is 2.85. The van der Waals surface area contributed by atoms with E-state index in [1.165, 1.54) is 24.0 Å². The predicted octanol–water partition coefficient (Wildman–Crippen LogP) is 1.83. The highest BCUT2D eigenvalue weighted by Crippen LogP contribution is 2.36. The van der Waals surface area contributed by atoms with Crippen LogP contribution in [0.2, 0.25) is 0 Å². The topological polar surface area (TPSA) is 84.2 Å². The molecule has 0 saturated heterocycles. The summed E-state index contributed by atoms with van der Waals surface area (Å²) in [6, 6.07) is -1.19. The predicted molar refractivity (Wildman–Crippen MR) is 71.1 cm³/mol. The van der Waals surface area contributed by atoms with Gasteiger partial charge in [0.1, 0.15) is 17.8 Å². The number of hydrogen-bond acceptors (Lipinski definition) is 3. The second-order valence-corrected chi connectivity index (χ2v) is 4.94. The smallest absolute Gasteiger partial charge is 0.399 e. The van der Waals surface area contributed by atoms with E-state index in [0.717, 1.165) is 0 Å². The first-order chi connectivity index (χ1) is 10.2. The minimum Gasteiger partial charge on any atom is -0.480 e. The van der Waals surface area contributed by atoms with Crippen LogP contribution in [0.3, 0.4) is 0 Å². The second-order valence-electron chi connectivity index (χ2n) is 4.94. The van der Waals surface area contributed by atoms with Crippen molar-refractivity contribution in [2.24, 2.45) is 7.05 Å². The van der Waals surface area contributed by atoms with Crippen molar-refractivity contribution in [3.63, 3.8) is 0 Å². The van der Waals surface area contributed by atoms with Gasteiger partial charge in [-0.05, 0) is 6.42 Å². The van der Waals surface area contributed by atoms with Gasteiger partial charge < -0.3 is 15.0 Å². The zero-order valence-electron chi connectivity index (χ0n) is 12.2. The molecule has 1 amide bonds. The molecule has 1 rings (SSSR count). The van der Waals surface area contributed by atoms with Crippen molar-refractivity contribution >= 4 is 11.9 Å².